The lowest BCUT2D eigenvalue weighted by molar-refractivity contribution is -0.125. The van der Waals surface area contributed by atoms with E-state index >= 15 is 0 Å². The van der Waals surface area contributed by atoms with E-state index in [4.69, 9.17) is 4.74 Å². The fraction of sp³-hybridized carbons (Fsp3) is 0.412. The minimum absolute atomic E-state index is 0.00468. The Bertz CT molecular complexity index is 638. The number of anilines is 1. The van der Waals surface area contributed by atoms with E-state index in [2.05, 4.69) is 21.6 Å². The summed E-state index contributed by atoms with van der Waals surface area (Å²) in [7, 11) is 0. The number of nitrogens with zero attached hydrogens (tertiary/aromatic N) is 1. The smallest absolute Gasteiger partial charge is 0.236 e. The zero-order chi connectivity index (χ0) is 15.6. The summed E-state index contributed by atoms with van der Waals surface area (Å²) >= 11 is 0. The molecule has 22 heavy (non-hydrogen) atoms. The van der Waals surface area contributed by atoms with Crippen LogP contribution in [0.2, 0.25) is 0 Å². The summed E-state index contributed by atoms with van der Waals surface area (Å²) in [6.45, 7) is 5.22. The van der Waals surface area contributed by atoms with Crippen molar-refractivity contribution in [3.8, 4) is 0 Å². The largest absolute Gasteiger partial charge is 0.381 e. The van der Waals surface area contributed by atoms with Gasteiger partial charge >= 0.3 is 0 Å². The number of rotatable bonds is 3. The number of H-pyrrole nitrogens is 1. The van der Waals surface area contributed by atoms with Gasteiger partial charge in [0.1, 0.15) is 0 Å². The third kappa shape index (κ3) is 2.76. The van der Waals surface area contributed by atoms with Gasteiger partial charge in [-0.3, -0.25) is 9.89 Å². The molecule has 2 N–H and O–H groups in total. The molecule has 0 bridgehead atoms. The predicted molar refractivity (Wildman–Crippen MR) is 84.9 cm³/mol. The first kappa shape index (κ1) is 14.8. The maximum Gasteiger partial charge on any atom is 0.236 e. The molecule has 1 saturated heterocycles. The van der Waals surface area contributed by atoms with Gasteiger partial charge in [0.15, 0.2) is 0 Å². The van der Waals surface area contributed by atoms with E-state index in [1.165, 1.54) is 0 Å². The first-order chi connectivity index (χ1) is 10.6. The van der Waals surface area contributed by atoms with Gasteiger partial charge in [0, 0.05) is 25.1 Å². The van der Waals surface area contributed by atoms with Gasteiger partial charge in [-0.25, -0.2) is 0 Å². The summed E-state index contributed by atoms with van der Waals surface area (Å²) < 4.78 is 5.45. The van der Waals surface area contributed by atoms with E-state index in [0.717, 1.165) is 22.5 Å². The highest BCUT2D eigenvalue weighted by atomic mass is 16.5. The molecular formula is C17H21N3O2. The van der Waals surface area contributed by atoms with Gasteiger partial charge < -0.3 is 10.1 Å². The van der Waals surface area contributed by atoms with Crippen LogP contribution in [-0.4, -0.2) is 29.3 Å². The third-order valence-electron chi connectivity index (χ3n) is 4.28. The molecule has 1 aliphatic heterocycles. The van der Waals surface area contributed by atoms with Crippen LogP contribution < -0.4 is 5.32 Å². The first-order valence-electron chi connectivity index (χ1n) is 7.57. The molecule has 1 fully saturated rings. The van der Waals surface area contributed by atoms with Crippen LogP contribution in [0.25, 0.3) is 0 Å². The van der Waals surface area contributed by atoms with Gasteiger partial charge in [0.2, 0.25) is 5.91 Å². The molecule has 5 nitrogen and oxygen atoms in total. The fourth-order valence-corrected chi connectivity index (χ4v) is 3.16. The molecule has 1 aliphatic rings. The van der Waals surface area contributed by atoms with Crippen LogP contribution in [0.1, 0.15) is 29.7 Å². The van der Waals surface area contributed by atoms with Crippen molar-refractivity contribution in [3.05, 3.63) is 47.3 Å². The lowest BCUT2D eigenvalue weighted by atomic mass is 9.76. The number of aromatic amines is 1. The van der Waals surface area contributed by atoms with Crippen LogP contribution in [-0.2, 0) is 14.9 Å². The molecule has 1 amide bonds. The first-order valence-corrected chi connectivity index (χ1v) is 7.57. The summed E-state index contributed by atoms with van der Waals surface area (Å²) in [5, 5.41) is 10.1. The molecule has 1 aromatic carbocycles. The molecule has 3 rings (SSSR count). The van der Waals surface area contributed by atoms with E-state index in [1.807, 2.05) is 32.0 Å². The van der Waals surface area contributed by atoms with Crippen molar-refractivity contribution in [2.45, 2.75) is 32.1 Å². The van der Waals surface area contributed by atoms with Crippen LogP contribution >= 0.6 is 0 Å². The number of amides is 1. The molecule has 5 heteroatoms. The molecule has 0 aliphatic carbocycles. The molecule has 2 aromatic rings. The summed E-state index contributed by atoms with van der Waals surface area (Å²) in [4.78, 5) is 13.0. The monoisotopic (exact) mass is 299 g/mol. The van der Waals surface area contributed by atoms with E-state index in [0.29, 0.717) is 26.1 Å². The summed E-state index contributed by atoms with van der Waals surface area (Å²) in [5.74, 6) is 0.00468. The Hall–Kier alpha value is -2.14. The van der Waals surface area contributed by atoms with Crippen LogP contribution in [0.4, 0.5) is 5.69 Å². The molecule has 0 radical (unpaired) electrons. The zero-order valence-electron chi connectivity index (χ0n) is 13.0. The molecule has 0 atom stereocenters. The Morgan fingerprint density at radius 2 is 1.91 bits per heavy atom. The van der Waals surface area contributed by atoms with Crippen molar-refractivity contribution >= 4 is 11.6 Å². The molecule has 2 heterocycles. The second-order valence-corrected chi connectivity index (χ2v) is 6.00. The summed E-state index contributed by atoms with van der Waals surface area (Å²) in [5.41, 5.74) is 3.38. The van der Waals surface area contributed by atoms with Crippen molar-refractivity contribution in [1.29, 1.82) is 0 Å². The molecule has 0 spiro atoms. The molecule has 0 unspecified atom stereocenters. The molecule has 0 saturated carbocycles. The number of carbonyl (C=O) groups is 1. The second kappa shape index (κ2) is 5.93. The topological polar surface area (TPSA) is 67.0 Å². The predicted octanol–water partition coefficient (Wildman–Crippen LogP) is 2.71. The third-order valence-corrected chi connectivity index (χ3v) is 4.28. The van der Waals surface area contributed by atoms with Crippen molar-refractivity contribution in [1.82, 2.24) is 10.2 Å². The Balaban J connectivity index is 1.90. The second-order valence-electron chi connectivity index (χ2n) is 6.00. The Morgan fingerprint density at radius 3 is 2.50 bits per heavy atom. The standard InChI is InChI=1S/C17H21N3O2/c1-12-9-13(2)11-14(10-12)19-16(21)17(4-7-22-8-5-17)15-3-6-18-20-15/h3,6,9-11H,4-5,7-8H2,1-2H3,(H,18,20)(H,19,21). The highest BCUT2D eigenvalue weighted by Gasteiger charge is 2.43. The zero-order valence-corrected chi connectivity index (χ0v) is 13.0. The highest BCUT2D eigenvalue weighted by Crippen LogP contribution is 2.35. The number of benzene rings is 1. The van der Waals surface area contributed by atoms with Crippen LogP contribution in [0.15, 0.2) is 30.5 Å². The maximum atomic E-state index is 13.0. The number of carbonyl (C=O) groups excluding carboxylic acids is 1. The van der Waals surface area contributed by atoms with E-state index in [1.54, 1.807) is 6.20 Å². The molecule has 1 aromatic heterocycles. The number of ether oxygens (including phenoxy) is 1. The van der Waals surface area contributed by atoms with Gasteiger partial charge in [0.05, 0.1) is 11.1 Å². The fourth-order valence-electron chi connectivity index (χ4n) is 3.16. The van der Waals surface area contributed by atoms with Gasteiger partial charge in [-0.2, -0.15) is 5.10 Å². The molecular weight excluding hydrogens is 278 g/mol. The van der Waals surface area contributed by atoms with E-state index < -0.39 is 5.41 Å². The van der Waals surface area contributed by atoms with Gasteiger partial charge in [-0.1, -0.05) is 6.07 Å². The highest BCUT2D eigenvalue weighted by molar-refractivity contribution is 5.99. The number of aromatic nitrogens is 2. The quantitative estimate of drug-likeness (QED) is 0.915. The van der Waals surface area contributed by atoms with Gasteiger partial charge in [-0.15, -0.1) is 0 Å². The Kier molecular flexibility index (Phi) is 3.98. The average Bonchev–Trinajstić information content (AvgIpc) is 3.01. The van der Waals surface area contributed by atoms with E-state index in [-0.39, 0.29) is 5.91 Å². The number of aryl methyl sites for hydroxylation is 2. The van der Waals surface area contributed by atoms with Crippen molar-refractivity contribution in [2.75, 3.05) is 18.5 Å². The van der Waals surface area contributed by atoms with Crippen molar-refractivity contribution in [3.63, 3.8) is 0 Å². The number of hydrogen-bond acceptors (Lipinski definition) is 3. The minimum Gasteiger partial charge on any atom is -0.381 e. The van der Waals surface area contributed by atoms with Crippen LogP contribution in [0, 0.1) is 13.8 Å². The average molecular weight is 299 g/mol. The number of hydrogen-bond donors (Lipinski definition) is 2. The SMILES string of the molecule is Cc1cc(C)cc(NC(=O)C2(c3ccn[nH]3)CCOCC2)c1. The summed E-state index contributed by atoms with van der Waals surface area (Å²) in [6, 6.07) is 7.96. The lowest BCUT2D eigenvalue weighted by Gasteiger charge is -2.34. The Labute approximate surface area is 130 Å². The van der Waals surface area contributed by atoms with Gasteiger partial charge in [0.25, 0.3) is 0 Å². The van der Waals surface area contributed by atoms with Gasteiger partial charge in [-0.05, 0) is 56.0 Å². The van der Waals surface area contributed by atoms with Crippen molar-refractivity contribution < 1.29 is 9.53 Å². The van der Waals surface area contributed by atoms with E-state index in [9.17, 15) is 4.79 Å². The van der Waals surface area contributed by atoms with Crippen molar-refractivity contribution in [2.24, 2.45) is 0 Å². The normalized spacial score (nSPS) is 17.2. The van der Waals surface area contributed by atoms with Crippen LogP contribution in [0.5, 0.6) is 0 Å². The minimum atomic E-state index is -0.591. The maximum absolute atomic E-state index is 13.0. The lowest BCUT2D eigenvalue weighted by Crippen LogP contribution is -2.45. The van der Waals surface area contributed by atoms with Crippen LogP contribution in [0.3, 0.4) is 0 Å². The molecule has 116 valence electrons. The number of nitrogens with one attached hydrogen (secondary N) is 2. The summed E-state index contributed by atoms with van der Waals surface area (Å²) in [6.07, 6.45) is 3.01. The Morgan fingerprint density at radius 1 is 1.23 bits per heavy atom.